The summed E-state index contributed by atoms with van der Waals surface area (Å²) in [7, 11) is -0.653. The van der Waals surface area contributed by atoms with Gasteiger partial charge in [0.1, 0.15) is 16.5 Å². The summed E-state index contributed by atoms with van der Waals surface area (Å²) in [5.74, 6) is -0.477. The number of amides is 3. The number of likely N-dealkylation sites (N-methyl/N-ethyl adjacent to an activating group) is 1. The zero-order chi connectivity index (χ0) is 17.5. The third kappa shape index (κ3) is 2.95. The van der Waals surface area contributed by atoms with E-state index in [9.17, 15) is 18.0 Å². The lowest BCUT2D eigenvalue weighted by atomic mass is 9.96. The Labute approximate surface area is 141 Å². The molecule has 1 unspecified atom stereocenters. The minimum Gasteiger partial charge on any atom is -0.241 e. The van der Waals surface area contributed by atoms with Gasteiger partial charge in [0.2, 0.25) is 10.0 Å². The van der Waals surface area contributed by atoms with Crippen LogP contribution in [0.4, 0.5) is 4.79 Å². The number of nitrogens with zero attached hydrogens (tertiary/aromatic N) is 2. The zero-order valence-corrected chi connectivity index (χ0v) is 14.7. The van der Waals surface area contributed by atoms with Gasteiger partial charge in [0, 0.05) is 6.04 Å². The molecule has 1 heterocycles. The fraction of sp³-hybridized carbons (Fsp3) is 0.562. The van der Waals surface area contributed by atoms with Gasteiger partial charge in [-0.1, -0.05) is 25.3 Å². The average Bonchev–Trinajstić information content (AvgIpc) is 2.58. The molecule has 130 valence electrons. The molecule has 0 bridgehead atoms. The average molecular weight is 352 g/mol. The lowest BCUT2D eigenvalue weighted by Gasteiger charge is -2.26. The van der Waals surface area contributed by atoms with Crippen LogP contribution in [0, 0.1) is 0 Å². The van der Waals surface area contributed by atoms with Crippen molar-refractivity contribution in [2.75, 3.05) is 14.1 Å². The highest BCUT2D eigenvalue weighted by molar-refractivity contribution is 7.90. The van der Waals surface area contributed by atoms with E-state index in [1.807, 2.05) is 0 Å². The maximum absolute atomic E-state index is 12.6. The molecule has 0 radical (unpaired) electrons. The van der Waals surface area contributed by atoms with Gasteiger partial charge in [0.15, 0.2) is 0 Å². The van der Waals surface area contributed by atoms with Gasteiger partial charge >= 0.3 is 11.9 Å². The van der Waals surface area contributed by atoms with E-state index in [0.717, 1.165) is 37.0 Å². The van der Waals surface area contributed by atoms with E-state index in [0.29, 0.717) is 5.71 Å². The standard InChI is InChI=1S/C16H22N3O4S/c1-18-14-9-8-12(10-13(14)15(20)19(2)16(18)21)24(22,23)17-11-6-4-3-5-7-11/h8-12,17H,3-7H2,1-2H3/q+1. The third-order valence-electron chi connectivity index (χ3n) is 4.82. The SMILES string of the molecule is CN1C(=O)C2=CC(S(=O)(=O)NC3CCCCC3)C=CC2=[N+](C)C1=O. The largest absolute Gasteiger partial charge is 0.501 e. The Morgan fingerprint density at radius 3 is 2.54 bits per heavy atom. The number of rotatable bonds is 3. The van der Waals surface area contributed by atoms with Crippen LogP contribution in [0.1, 0.15) is 32.1 Å². The van der Waals surface area contributed by atoms with Crippen LogP contribution < -0.4 is 4.72 Å². The lowest BCUT2D eigenvalue weighted by molar-refractivity contribution is -0.401. The van der Waals surface area contributed by atoms with Gasteiger partial charge in [0.25, 0.3) is 0 Å². The number of sulfonamides is 1. The molecule has 2 aliphatic carbocycles. The summed E-state index contributed by atoms with van der Waals surface area (Å²) in [6, 6.07) is -0.464. The van der Waals surface area contributed by atoms with E-state index in [1.165, 1.54) is 23.8 Å². The van der Waals surface area contributed by atoms with Crippen molar-refractivity contribution in [3.63, 3.8) is 0 Å². The Morgan fingerprint density at radius 2 is 1.88 bits per heavy atom. The van der Waals surface area contributed by atoms with Crippen molar-refractivity contribution >= 4 is 27.7 Å². The smallest absolute Gasteiger partial charge is 0.241 e. The lowest BCUT2D eigenvalue weighted by Crippen LogP contribution is -2.49. The molecule has 24 heavy (non-hydrogen) atoms. The summed E-state index contributed by atoms with van der Waals surface area (Å²) in [5.41, 5.74) is 0.688. The Kier molecular flexibility index (Phi) is 4.44. The van der Waals surface area contributed by atoms with Crippen LogP contribution in [-0.2, 0) is 14.8 Å². The maximum atomic E-state index is 12.6. The first kappa shape index (κ1) is 17.0. The van der Waals surface area contributed by atoms with Crippen molar-refractivity contribution < 1.29 is 22.6 Å². The zero-order valence-electron chi connectivity index (χ0n) is 13.9. The van der Waals surface area contributed by atoms with E-state index < -0.39 is 27.2 Å². The number of carbonyl (C=O) groups excluding carboxylic acids is 2. The van der Waals surface area contributed by atoms with Crippen LogP contribution in [0.3, 0.4) is 0 Å². The molecule has 0 saturated heterocycles. The second-order valence-electron chi connectivity index (χ2n) is 6.49. The second-order valence-corrected chi connectivity index (χ2v) is 8.36. The number of hydrogen-bond donors (Lipinski definition) is 1. The van der Waals surface area contributed by atoms with Gasteiger partial charge in [-0.25, -0.2) is 17.9 Å². The van der Waals surface area contributed by atoms with E-state index in [4.69, 9.17) is 0 Å². The molecule has 0 aromatic rings. The summed E-state index contributed by atoms with van der Waals surface area (Å²) >= 11 is 0. The van der Waals surface area contributed by atoms with Gasteiger partial charge in [-0.2, -0.15) is 14.3 Å². The molecule has 1 aliphatic heterocycles. The Hall–Kier alpha value is -1.80. The van der Waals surface area contributed by atoms with E-state index in [2.05, 4.69) is 4.72 Å². The van der Waals surface area contributed by atoms with Gasteiger partial charge in [-0.3, -0.25) is 0 Å². The van der Waals surface area contributed by atoms with E-state index in [-0.39, 0.29) is 11.6 Å². The minimum absolute atomic E-state index is 0.0325. The molecular formula is C16H22N3O4S+. The molecule has 7 nitrogen and oxygen atoms in total. The predicted molar refractivity (Wildman–Crippen MR) is 89.3 cm³/mol. The Morgan fingerprint density at radius 1 is 1.21 bits per heavy atom. The quantitative estimate of drug-likeness (QED) is 0.761. The summed E-state index contributed by atoms with van der Waals surface area (Å²) < 4.78 is 29.4. The number of carbonyl (C=O) groups is 2. The highest BCUT2D eigenvalue weighted by atomic mass is 32.2. The molecule has 1 fully saturated rings. The summed E-state index contributed by atoms with van der Waals surface area (Å²) in [4.78, 5) is 25.3. The van der Waals surface area contributed by atoms with Crippen LogP contribution in [0.15, 0.2) is 23.8 Å². The molecule has 1 N–H and O–H groups in total. The minimum atomic E-state index is -3.61. The first-order valence-corrected chi connectivity index (χ1v) is 9.70. The van der Waals surface area contributed by atoms with Gasteiger partial charge < -0.3 is 0 Å². The van der Waals surface area contributed by atoms with Gasteiger partial charge in [-0.05, 0) is 25.0 Å². The second kappa shape index (κ2) is 6.25. The van der Waals surface area contributed by atoms with Crippen molar-refractivity contribution in [3.05, 3.63) is 23.8 Å². The fourth-order valence-corrected chi connectivity index (χ4v) is 4.83. The monoisotopic (exact) mass is 352 g/mol. The van der Waals surface area contributed by atoms with Crippen LogP contribution in [0.5, 0.6) is 0 Å². The highest BCUT2D eigenvalue weighted by Gasteiger charge is 2.42. The number of hydrogen-bond acceptors (Lipinski definition) is 4. The topological polar surface area (TPSA) is 86.6 Å². The molecule has 1 atom stereocenters. The van der Waals surface area contributed by atoms with Crippen molar-refractivity contribution in [2.45, 2.75) is 43.4 Å². The highest BCUT2D eigenvalue weighted by Crippen LogP contribution is 2.23. The van der Waals surface area contributed by atoms with Crippen LogP contribution >= 0.6 is 0 Å². The van der Waals surface area contributed by atoms with Crippen molar-refractivity contribution in [2.24, 2.45) is 0 Å². The Bertz CT molecular complexity index is 773. The molecule has 3 aliphatic rings. The number of fused-ring (bicyclic) bond motifs is 1. The van der Waals surface area contributed by atoms with Crippen molar-refractivity contribution in [1.82, 2.24) is 9.62 Å². The number of urea groups is 1. The first-order chi connectivity index (χ1) is 11.3. The van der Waals surface area contributed by atoms with E-state index >= 15 is 0 Å². The molecular weight excluding hydrogens is 330 g/mol. The van der Waals surface area contributed by atoms with Crippen molar-refractivity contribution in [3.8, 4) is 0 Å². The van der Waals surface area contributed by atoms with Crippen LogP contribution in [0.25, 0.3) is 0 Å². The van der Waals surface area contributed by atoms with Crippen LogP contribution in [-0.4, -0.2) is 60.9 Å². The van der Waals surface area contributed by atoms with Gasteiger partial charge in [0.05, 0.1) is 14.1 Å². The molecule has 1 saturated carbocycles. The normalized spacial score (nSPS) is 25.8. The van der Waals surface area contributed by atoms with E-state index in [1.54, 1.807) is 13.1 Å². The molecule has 3 amide bonds. The maximum Gasteiger partial charge on any atom is 0.501 e. The number of allylic oxidation sites excluding steroid dienone is 1. The summed E-state index contributed by atoms with van der Waals surface area (Å²) in [6.45, 7) is 0. The van der Waals surface area contributed by atoms with Crippen molar-refractivity contribution in [1.29, 1.82) is 0 Å². The summed E-state index contributed by atoms with van der Waals surface area (Å²) in [5, 5.41) is -0.905. The molecule has 0 spiro atoms. The first-order valence-electron chi connectivity index (χ1n) is 8.15. The molecule has 3 rings (SSSR count). The van der Waals surface area contributed by atoms with Crippen LogP contribution in [0.2, 0.25) is 0 Å². The predicted octanol–water partition coefficient (Wildman–Crippen LogP) is 0.779. The third-order valence-corrected chi connectivity index (χ3v) is 6.49. The fourth-order valence-electron chi connectivity index (χ4n) is 3.37. The molecule has 8 heteroatoms. The number of nitrogens with one attached hydrogen (secondary N) is 1. The van der Waals surface area contributed by atoms with Gasteiger partial charge in [-0.15, -0.1) is 0 Å². The molecule has 0 aromatic carbocycles. The summed E-state index contributed by atoms with van der Waals surface area (Å²) in [6.07, 6.45) is 9.40. The molecule has 0 aromatic heterocycles. The number of imide groups is 1. The Balaban J connectivity index is 1.88.